The molecule has 4 aromatic carbocycles. The molecule has 1 aliphatic heterocycles. The van der Waals surface area contributed by atoms with Gasteiger partial charge < -0.3 is 24.3 Å². The first-order chi connectivity index (χ1) is 19.5. The van der Waals surface area contributed by atoms with Gasteiger partial charge in [-0.05, 0) is 65.7 Å². The van der Waals surface area contributed by atoms with Gasteiger partial charge in [-0.25, -0.2) is 0 Å². The molecule has 0 saturated carbocycles. The molecule has 0 aliphatic carbocycles. The van der Waals surface area contributed by atoms with Crippen molar-refractivity contribution in [2.45, 2.75) is 12.0 Å². The second-order valence-corrected chi connectivity index (χ2v) is 9.22. The summed E-state index contributed by atoms with van der Waals surface area (Å²) in [7, 11) is 6.28. The zero-order valence-electron chi connectivity index (χ0n) is 22.7. The minimum Gasteiger partial charge on any atom is -0.497 e. The molecule has 4 aromatic rings. The number of nitrogens with one attached hydrogen (secondary N) is 1. The average Bonchev–Trinajstić information content (AvgIpc) is 3.01. The average molecular weight is 539 g/mol. The zero-order valence-corrected chi connectivity index (χ0v) is 22.7. The third-order valence-electron chi connectivity index (χ3n) is 7.08. The minimum atomic E-state index is -0.738. The number of anilines is 2. The van der Waals surface area contributed by atoms with E-state index < -0.39 is 12.0 Å². The first kappa shape index (κ1) is 26.6. The quantitative estimate of drug-likeness (QED) is 0.303. The SMILES string of the molecule is COc1ccc(C2C(C(=O)Nc3ccc(OC)c(OC)c3)c3ccccc3C(=O)N2c2ccc(OC)cc2)cc1. The fourth-order valence-corrected chi connectivity index (χ4v) is 5.12. The molecule has 2 atom stereocenters. The van der Waals surface area contributed by atoms with Crippen molar-refractivity contribution in [3.05, 3.63) is 108 Å². The number of hydrogen-bond acceptors (Lipinski definition) is 6. The number of ether oxygens (including phenoxy) is 4. The number of hydrogen-bond donors (Lipinski definition) is 1. The number of rotatable bonds is 8. The Morgan fingerprint density at radius 3 is 1.98 bits per heavy atom. The molecule has 0 saturated heterocycles. The van der Waals surface area contributed by atoms with Gasteiger partial charge in [0.2, 0.25) is 5.91 Å². The molecule has 8 heteroatoms. The summed E-state index contributed by atoms with van der Waals surface area (Å²) in [6, 6.07) is 26.5. The Bertz CT molecular complexity index is 1520. The van der Waals surface area contributed by atoms with Gasteiger partial charge in [-0.1, -0.05) is 30.3 Å². The molecule has 1 N–H and O–H groups in total. The first-order valence-electron chi connectivity index (χ1n) is 12.7. The Labute approximate surface area is 233 Å². The largest absolute Gasteiger partial charge is 0.497 e. The van der Waals surface area contributed by atoms with Crippen molar-refractivity contribution >= 4 is 23.2 Å². The lowest BCUT2D eigenvalue weighted by Crippen LogP contribution is -2.46. The fraction of sp³-hybridized carbons (Fsp3) is 0.188. The second-order valence-electron chi connectivity index (χ2n) is 9.22. The summed E-state index contributed by atoms with van der Waals surface area (Å²) in [5.41, 5.74) is 3.09. The fourth-order valence-electron chi connectivity index (χ4n) is 5.12. The molecule has 8 nitrogen and oxygen atoms in total. The third-order valence-corrected chi connectivity index (χ3v) is 7.08. The van der Waals surface area contributed by atoms with Crippen LogP contribution in [0.15, 0.2) is 91.0 Å². The van der Waals surface area contributed by atoms with Gasteiger partial charge in [0, 0.05) is 23.0 Å². The number of amides is 2. The number of nitrogens with zero attached hydrogens (tertiary/aromatic N) is 1. The summed E-state index contributed by atoms with van der Waals surface area (Å²) in [4.78, 5) is 30.0. The van der Waals surface area contributed by atoms with E-state index in [9.17, 15) is 9.59 Å². The lowest BCUT2D eigenvalue weighted by atomic mass is 9.78. The van der Waals surface area contributed by atoms with E-state index in [-0.39, 0.29) is 11.8 Å². The predicted octanol–water partition coefficient (Wildman–Crippen LogP) is 5.85. The van der Waals surface area contributed by atoms with E-state index in [1.54, 1.807) is 75.8 Å². The van der Waals surface area contributed by atoms with E-state index in [0.29, 0.717) is 45.5 Å². The lowest BCUT2D eigenvalue weighted by Gasteiger charge is -2.42. The molecular weight excluding hydrogens is 508 g/mol. The Hall–Kier alpha value is -4.98. The zero-order chi connectivity index (χ0) is 28.2. The van der Waals surface area contributed by atoms with Crippen LogP contribution in [0.3, 0.4) is 0 Å². The van der Waals surface area contributed by atoms with E-state index in [1.165, 1.54) is 0 Å². The lowest BCUT2D eigenvalue weighted by molar-refractivity contribution is -0.118. The van der Waals surface area contributed by atoms with Crippen LogP contribution in [0.4, 0.5) is 11.4 Å². The molecule has 1 heterocycles. The van der Waals surface area contributed by atoms with Crippen LogP contribution in [0, 0.1) is 0 Å². The molecule has 0 bridgehead atoms. The summed E-state index contributed by atoms with van der Waals surface area (Å²) in [6.45, 7) is 0. The highest BCUT2D eigenvalue weighted by atomic mass is 16.5. The molecule has 0 radical (unpaired) electrons. The molecule has 5 rings (SSSR count). The van der Waals surface area contributed by atoms with Gasteiger partial charge >= 0.3 is 0 Å². The van der Waals surface area contributed by atoms with Crippen molar-refractivity contribution in [3.8, 4) is 23.0 Å². The maximum absolute atomic E-state index is 14.2. The van der Waals surface area contributed by atoms with Gasteiger partial charge in [0.05, 0.1) is 40.4 Å². The molecule has 40 heavy (non-hydrogen) atoms. The first-order valence-corrected chi connectivity index (χ1v) is 12.7. The van der Waals surface area contributed by atoms with Crippen molar-refractivity contribution in [1.29, 1.82) is 0 Å². The molecule has 2 unspecified atom stereocenters. The molecule has 0 fully saturated rings. The molecule has 0 aromatic heterocycles. The summed E-state index contributed by atoms with van der Waals surface area (Å²) in [6.07, 6.45) is 0. The normalized spacial score (nSPS) is 16.1. The number of fused-ring (bicyclic) bond motifs is 1. The van der Waals surface area contributed by atoms with Crippen LogP contribution in [0.25, 0.3) is 0 Å². The van der Waals surface area contributed by atoms with Crippen LogP contribution >= 0.6 is 0 Å². The van der Waals surface area contributed by atoms with Crippen molar-refractivity contribution in [3.63, 3.8) is 0 Å². The molecule has 1 aliphatic rings. The van der Waals surface area contributed by atoms with Gasteiger partial charge in [-0.15, -0.1) is 0 Å². The smallest absolute Gasteiger partial charge is 0.259 e. The summed E-state index contributed by atoms with van der Waals surface area (Å²) >= 11 is 0. The highest BCUT2D eigenvalue weighted by Crippen LogP contribution is 2.46. The van der Waals surface area contributed by atoms with E-state index in [2.05, 4.69) is 5.32 Å². The number of methoxy groups -OCH3 is 4. The van der Waals surface area contributed by atoms with Crippen LogP contribution in [0.5, 0.6) is 23.0 Å². The number of carbonyl (C=O) groups excluding carboxylic acids is 2. The van der Waals surface area contributed by atoms with Crippen molar-refractivity contribution < 1.29 is 28.5 Å². The van der Waals surface area contributed by atoms with Crippen LogP contribution in [-0.2, 0) is 4.79 Å². The molecular formula is C32H30N2O6. The molecule has 2 amide bonds. The highest BCUT2D eigenvalue weighted by Gasteiger charge is 2.45. The topological polar surface area (TPSA) is 86.3 Å². The minimum absolute atomic E-state index is 0.197. The van der Waals surface area contributed by atoms with Crippen LogP contribution in [0.1, 0.15) is 33.4 Å². The summed E-state index contributed by atoms with van der Waals surface area (Å²) in [5.74, 6) is 1.17. The van der Waals surface area contributed by atoms with E-state index >= 15 is 0 Å². The molecule has 0 spiro atoms. The monoisotopic (exact) mass is 538 g/mol. The molecule has 204 valence electrons. The van der Waals surface area contributed by atoms with Crippen LogP contribution in [0.2, 0.25) is 0 Å². The second kappa shape index (κ2) is 11.4. The van der Waals surface area contributed by atoms with Gasteiger partial charge in [-0.3, -0.25) is 14.5 Å². The Morgan fingerprint density at radius 1 is 0.725 bits per heavy atom. The Kier molecular flexibility index (Phi) is 7.59. The maximum atomic E-state index is 14.2. The van der Waals surface area contributed by atoms with Crippen LogP contribution < -0.4 is 29.2 Å². The van der Waals surface area contributed by atoms with Gasteiger partial charge in [0.25, 0.3) is 5.91 Å². The Morgan fingerprint density at radius 2 is 1.35 bits per heavy atom. The number of benzene rings is 4. The van der Waals surface area contributed by atoms with Gasteiger partial charge in [0.15, 0.2) is 11.5 Å². The van der Waals surface area contributed by atoms with Gasteiger partial charge in [-0.2, -0.15) is 0 Å². The van der Waals surface area contributed by atoms with Crippen molar-refractivity contribution in [2.75, 3.05) is 38.7 Å². The summed E-state index contributed by atoms with van der Waals surface area (Å²) < 4.78 is 21.5. The third kappa shape index (κ3) is 4.91. The summed E-state index contributed by atoms with van der Waals surface area (Å²) in [5, 5.41) is 3.05. The Balaban J connectivity index is 1.65. The standard InChI is InChI=1S/C32H30N2O6/c1-37-23-14-9-20(10-15-23)30-29(31(35)33-21-11-18-27(39-3)28(19-21)40-4)25-7-5-6-8-26(25)32(36)34(30)22-12-16-24(38-2)17-13-22/h5-19,29-30H,1-4H3,(H,33,35). The van der Waals surface area contributed by atoms with Crippen molar-refractivity contribution in [2.24, 2.45) is 0 Å². The number of carbonyl (C=O) groups is 2. The van der Waals surface area contributed by atoms with E-state index in [0.717, 1.165) is 5.56 Å². The highest BCUT2D eigenvalue weighted by molar-refractivity contribution is 6.12. The predicted molar refractivity (Wildman–Crippen MR) is 153 cm³/mol. The van der Waals surface area contributed by atoms with Crippen LogP contribution in [-0.4, -0.2) is 40.3 Å². The van der Waals surface area contributed by atoms with E-state index in [1.807, 2.05) is 48.5 Å². The van der Waals surface area contributed by atoms with Crippen molar-refractivity contribution in [1.82, 2.24) is 0 Å². The van der Waals surface area contributed by atoms with Gasteiger partial charge in [0.1, 0.15) is 11.5 Å². The van der Waals surface area contributed by atoms with E-state index in [4.69, 9.17) is 18.9 Å². The maximum Gasteiger partial charge on any atom is 0.259 e.